The fourth-order valence-corrected chi connectivity index (χ4v) is 2.82. The van der Waals surface area contributed by atoms with Crippen molar-refractivity contribution in [1.82, 2.24) is 4.90 Å². The number of rotatable bonds is 4. The largest absolute Gasteiger partial charge is 0.395 e. The van der Waals surface area contributed by atoms with Crippen LogP contribution in [0.15, 0.2) is 22.7 Å². The highest BCUT2D eigenvalue weighted by Gasteiger charge is 2.27. The minimum atomic E-state index is -0.443. The van der Waals surface area contributed by atoms with Gasteiger partial charge in [-0.1, -0.05) is 12.8 Å². The van der Waals surface area contributed by atoms with Crippen molar-refractivity contribution >= 4 is 21.8 Å². The molecule has 0 aromatic heterocycles. The van der Waals surface area contributed by atoms with Gasteiger partial charge in [0.05, 0.1) is 11.1 Å². The first-order valence-electron chi connectivity index (χ1n) is 6.50. The Morgan fingerprint density at radius 1 is 1.42 bits per heavy atom. The summed E-state index contributed by atoms with van der Waals surface area (Å²) in [6.45, 7) is 0.239. The molecule has 0 bridgehead atoms. The van der Waals surface area contributed by atoms with E-state index in [1.165, 1.54) is 12.1 Å². The molecule has 0 radical (unpaired) electrons. The maximum atomic E-state index is 13.5. The fraction of sp³-hybridized carbons (Fsp3) is 0.500. The lowest BCUT2D eigenvalue weighted by atomic mass is 10.1. The predicted octanol–water partition coefficient (Wildman–Crippen LogP) is 2.97. The number of aliphatic hydroxyl groups excluding tert-OH is 1. The molecular formula is C14H17BrFNO2. The summed E-state index contributed by atoms with van der Waals surface area (Å²) in [5.41, 5.74) is 0.334. The third kappa shape index (κ3) is 3.34. The number of carbonyl (C=O) groups is 1. The van der Waals surface area contributed by atoms with Gasteiger partial charge in [0.2, 0.25) is 0 Å². The van der Waals surface area contributed by atoms with E-state index in [2.05, 4.69) is 15.9 Å². The average molecular weight is 330 g/mol. The van der Waals surface area contributed by atoms with Gasteiger partial charge in [-0.15, -0.1) is 0 Å². The van der Waals surface area contributed by atoms with Gasteiger partial charge in [0, 0.05) is 18.2 Å². The molecule has 0 heterocycles. The van der Waals surface area contributed by atoms with E-state index in [1.807, 2.05) is 0 Å². The Morgan fingerprint density at radius 2 is 2.11 bits per heavy atom. The molecule has 0 aliphatic heterocycles. The van der Waals surface area contributed by atoms with Crippen LogP contribution in [0, 0.1) is 5.82 Å². The highest BCUT2D eigenvalue weighted by atomic mass is 79.9. The third-order valence-corrected chi connectivity index (χ3v) is 4.18. The molecule has 104 valence electrons. The molecule has 0 unspecified atom stereocenters. The number of hydrogen-bond donors (Lipinski definition) is 1. The Morgan fingerprint density at radius 3 is 2.68 bits per heavy atom. The van der Waals surface area contributed by atoms with Crippen LogP contribution in [-0.2, 0) is 0 Å². The number of carbonyl (C=O) groups excluding carboxylic acids is 1. The summed E-state index contributed by atoms with van der Waals surface area (Å²) in [6, 6.07) is 4.56. The summed E-state index contributed by atoms with van der Waals surface area (Å²) in [6.07, 6.45) is 4.14. The van der Waals surface area contributed by atoms with Crippen LogP contribution >= 0.6 is 15.9 Å². The summed E-state index contributed by atoms with van der Waals surface area (Å²) in [5, 5.41) is 9.12. The Bertz CT molecular complexity index is 461. The van der Waals surface area contributed by atoms with Crippen LogP contribution < -0.4 is 0 Å². The van der Waals surface area contributed by atoms with Crippen LogP contribution in [0.2, 0.25) is 0 Å². The molecule has 1 fully saturated rings. The summed E-state index contributed by atoms with van der Waals surface area (Å²) in [7, 11) is 0. The summed E-state index contributed by atoms with van der Waals surface area (Å²) >= 11 is 3.07. The molecule has 1 aliphatic carbocycles. The quantitative estimate of drug-likeness (QED) is 0.922. The number of halogens is 2. The Labute approximate surface area is 120 Å². The van der Waals surface area contributed by atoms with Crippen molar-refractivity contribution in [2.75, 3.05) is 13.2 Å². The molecule has 1 N–H and O–H groups in total. The van der Waals surface area contributed by atoms with Crippen molar-refractivity contribution < 1.29 is 14.3 Å². The first-order chi connectivity index (χ1) is 9.13. The van der Waals surface area contributed by atoms with Gasteiger partial charge in [-0.05, 0) is 47.0 Å². The number of hydrogen-bond acceptors (Lipinski definition) is 2. The Hall–Kier alpha value is -0.940. The zero-order chi connectivity index (χ0) is 13.8. The van der Waals surface area contributed by atoms with Gasteiger partial charge in [-0.25, -0.2) is 4.39 Å². The highest BCUT2D eigenvalue weighted by molar-refractivity contribution is 9.10. The molecule has 1 saturated carbocycles. The fourth-order valence-electron chi connectivity index (χ4n) is 2.57. The summed E-state index contributed by atoms with van der Waals surface area (Å²) < 4.78 is 13.8. The van der Waals surface area contributed by atoms with Crippen molar-refractivity contribution in [3.63, 3.8) is 0 Å². The molecule has 1 amide bonds. The van der Waals surface area contributed by atoms with Crippen LogP contribution in [0.3, 0.4) is 0 Å². The van der Waals surface area contributed by atoms with Crippen molar-refractivity contribution in [3.8, 4) is 0 Å². The second-order valence-corrected chi connectivity index (χ2v) is 5.64. The lowest BCUT2D eigenvalue weighted by molar-refractivity contribution is 0.0637. The maximum Gasteiger partial charge on any atom is 0.254 e. The summed E-state index contributed by atoms with van der Waals surface area (Å²) in [4.78, 5) is 14.1. The number of benzene rings is 1. The lowest BCUT2D eigenvalue weighted by Gasteiger charge is -2.28. The van der Waals surface area contributed by atoms with Crippen molar-refractivity contribution in [2.24, 2.45) is 0 Å². The van der Waals surface area contributed by atoms with Crippen LogP contribution in [0.4, 0.5) is 4.39 Å². The topological polar surface area (TPSA) is 40.5 Å². The van der Waals surface area contributed by atoms with Crippen molar-refractivity contribution in [3.05, 3.63) is 34.1 Å². The zero-order valence-corrected chi connectivity index (χ0v) is 12.2. The molecule has 1 aromatic rings. The molecule has 0 saturated heterocycles. The zero-order valence-electron chi connectivity index (χ0n) is 10.6. The van der Waals surface area contributed by atoms with Gasteiger partial charge in [0.1, 0.15) is 5.82 Å². The molecule has 0 atom stereocenters. The van der Waals surface area contributed by atoms with Crippen LogP contribution in [-0.4, -0.2) is 35.1 Å². The normalized spacial score (nSPS) is 15.7. The van der Waals surface area contributed by atoms with Crippen LogP contribution in [0.5, 0.6) is 0 Å². The second kappa shape index (κ2) is 6.48. The number of aliphatic hydroxyl groups is 1. The first-order valence-corrected chi connectivity index (χ1v) is 7.29. The van der Waals surface area contributed by atoms with Crippen molar-refractivity contribution in [1.29, 1.82) is 0 Å². The molecule has 1 aliphatic rings. The van der Waals surface area contributed by atoms with E-state index in [-0.39, 0.29) is 18.6 Å². The van der Waals surface area contributed by atoms with Gasteiger partial charge in [-0.2, -0.15) is 0 Å². The van der Waals surface area contributed by atoms with Gasteiger partial charge in [0.15, 0.2) is 0 Å². The number of nitrogens with zero attached hydrogens (tertiary/aromatic N) is 1. The molecule has 19 heavy (non-hydrogen) atoms. The maximum absolute atomic E-state index is 13.5. The standard InChI is InChI=1S/C14H17BrFNO2/c15-12-6-5-10(9-13(12)16)14(19)17(7-8-18)11-3-1-2-4-11/h5-6,9,11,18H,1-4,7-8H2. The smallest absolute Gasteiger partial charge is 0.254 e. The average Bonchev–Trinajstić information content (AvgIpc) is 2.92. The molecule has 3 nitrogen and oxygen atoms in total. The van der Waals surface area contributed by atoms with Gasteiger partial charge >= 0.3 is 0 Å². The third-order valence-electron chi connectivity index (χ3n) is 3.53. The van der Waals surface area contributed by atoms with Crippen LogP contribution in [0.1, 0.15) is 36.0 Å². The van der Waals surface area contributed by atoms with Crippen LogP contribution in [0.25, 0.3) is 0 Å². The molecule has 5 heteroatoms. The second-order valence-electron chi connectivity index (χ2n) is 4.79. The SMILES string of the molecule is O=C(c1ccc(Br)c(F)c1)N(CCO)C1CCCC1. The molecule has 0 spiro atoms. The Balaban J connectivity index is 2.20. The van der Waals surface area contributed by atoms with Gasteiger partial charge in [0.25, 0.3) is 5.91 Å². The summed E-state index contributed by atoms with van der Waals surface area (Å²) in [5.74, 6) is -0.645. The first kappa shape index (κ1) is 14.5. The highest BCUT2D eigenvalue weighted by Crippen LogP contribution is 2.25. The number of amides is 1. The minimum absolute atomic E-state index is 0.0682. The van der Waals surface area contributed by atoms with E-state index < -0.39 is 5.82 Å². The van der Waals surface area contributed by atoms with E-state index in [1.54, 1.807) is 11.0 Å². The van der Waals surface area contributed by atoms with E-state index in [0.717, 1.165) is 25.7 Å². The van der Waals surface area contributed by atoms with E-state index in [4.69, 9.17) is 5.11 Å². The van der Waals surface area contributed by atoms with E-state index >= 15 is 0 Å². The molecular weight excluding hydrogens is 313 g/mol. The van der Waals surface area contributed by atoms with Crippen molar-refractivity contribution in [2.45, 2.75) is 31.7 Å². The van der Waals surface area contributed by atoms with Gasteiger partial charge < -0.3 is 10.0 Å². The minimum Gasteiger partial charge on any atom is -0.395 e. The van der Waals surface area contributed by atoms with E-state index in [0.29, 0.717) is 16.6 Å². The lowest BCUT2D eigenvalue weighted by Crippen LogP contribution is -2.40. The monoisotopic (exact) mass is 329 g/mol. The predicted molar refractivity (Wildman–Crippen MR) is 74.5 cm³/mol. The molecule has 2 rings (SSSR count). The van der Waals surface area contributed by atoms with Gasteiger partial charge in [-0.3, -0.25) is 4.79 Å². The Kier molecular flexibility index (Phi) is 4.93. The molecule has 1 aromatic carbocycles. The van der Waals surface area contributed by atoms with E-state index in [9.17, 15) is 9.18 Å².